The maximum Gasteiger partial charge on any atom is 0.0993 e. The summed E-state index contributed by atoms with van der Waals surface area (Å²) in [7, 11) is 0. The molecule has 10 rings (SSSR count). The lowest BCUT2D eigenvalue weighted by atomic mass is 10.1. The Kier molecular flexibility index (Phi) is 5.64. The summed E-state index contributed by atoms with van der Waals surface area (Å²) >= 11 is 0. The third kappa shape index (κ3) is 3.79. The van der Waals surface area contributed by atoms with E-state index in [9.17, 15) is 10.5 Å². The van der Waals surface area contributed by atoms with Gasteiger partial charge in [0.15, 0.2) is 0 Å². The molecule has 0 amide bonds. The molecule has 10 aromatic rings. The molecule has 5 nitrogen and oxygen atoms in total. The van der Waals surface area contributed by atoms with Gasteiger partial charge in [0.1, 0.15) is 0 Å². The summed E-state index contributed by atoms with van der Waals surface area (Å²) in [5.41, 5.74) is 10.5. The highest BCUT2D eigenvalue weighted by Gasteiger charge is 2.22. The molecular weight excluding hydrogens is 599 g/mol. The maximum absolute atomic E-state index is 10.5. The lowest BCUT2D eigenvalue weighted by Gasteiger charge is -2.15. The second-order valence-electron chi connectivity index (χ2n) is 12.4. The van der Waals surface area contributed by atoms with E-state index < -0.39 is 0 Å². The normalized spacial score (nSPS) is 11.6. The molecule has 0 aliphatic carbocycles. The number of nitrogens with zero attached hydrogens (tertiary/aromatic N) is 5. The molecule has 7 aromatic carbocycles. The van der Waals surface area contributed by atoms with Crippen LogP contribution in [0.25, 0.3) is 82.5 Å². The SMILES string of the molecule is N#Cc1cc(-n2c3ccccc3c3cc(C#N)ccc32)cc(-n2c3ccccc3c3ccc4c5ccccc5n(-c5ccccc5)c4c32)c1. The monoisotopic (exact) mass is 623 g/mol. The van der Waals surface area contributed by atoms with Crippen molar-refractivity contribution in [1.82, 2.24) is 13.7 Å². The van der Waals surface area contributed by atoms with Crippen LogP contribution in [0.5, 0.6) is 0 Å². The summed E-state index contributed by atoms with van der Waals surface area (Å²) in [6.45, 7) is 0. The van der Waals surface area contributed by atoms with Crippen LogP contribution in [-0.4, -0.2) is 13.7 Å². The Hall–Kier alpha value is -7.08. The lowest BCUT2D eigenvalue weighted by molar-refractivity contribution is 1.12. The van der Waals surface area contributed by atoms with Gasteiger partial charge in [0.25, 0.3) is 0 Å². The highest BCUT2D eigenvalue weighted by atomic mass is 15.1. The van der Waals surface area contributed by atoms with Crippen molar-refractivity contribution in [2.75, 3.05) is 0 Å². The fraction of sp³-hybridized carbons (Fsp3) is 0. The number of hydrogen-bond donors (Lipinski definition) is 0. The highest BCUT2D eigenvalue weighted by molar-refractivity contribution is 6.23. The van der Waals surface area contributed by atoms with Crippen LogP contribution in [0.1, 0.15) is 11.1 Å². The molecule has 0 aliphatic rings. The zero-order valence-corrected chi connectivity index (χ0v) is 26.2. The summed E-state index contributed by atoms with van der Waals surface area (Å²) in [6, 6.07) is 57.1. The number of benzene rings is 7. The molecule has 0 atom stereocenters. The number of fused-ring (bicyclic) bond motifs is 10. The first-order valence-corrected chi connectivity index (χ1v) is 16.2. The smallest absolute Gasteiger partial charge is 0.0993 e. The Morgan fingerprint density at radius 3 is 1.39 bits per heavy atom. The average molecular weight is 624 g/mol. The van der Waals surface area contributed by atoms with E-state index in [1.165, 1.54) is 10.8 Å². The number of para-hydroxylation sites is 4. The minimum Gasteiger partial charge on any atom is -0.309 e. The van der Waals surface area contributed by atoms with Gasteiger partial charge in [-0.3, -0.25) is 0 Å². The molecular formula is C44H25N5. The van der Waals surface area contributed by atoms with Gasteiger partial charge in [-0.15, -0.1) is 0 Å². The topological polar surface area (TPSA) is 62.4 Å². The van der Waals surface area contributed by atoms with Crippen LogP contribution in [-0.2, 0) is 0 Å². The van der Waals surface area contributed by atoms with Gasteiger partial charge in [-0.05, 0) is 66.7 Å². The Morgan fingerprint density at radius 1 is 0.327 bits per heavy atom. The molecule has 3 heterocycles. The van der Waals surface area contributed by atoms with E-state index in [0.717, 1.165) is 71.7 Å². The zero-order valence-electron chi connectivity index (χ0n) is 26.2. The van der Waals surface area contributed by atoms with E-state index in [-0.39, 0.29) is 0 Å². The fourth-order valence-electron chi connectivity index (χ4n) is 7.85. The molecule has 0 bridgehead atoms. The van der Waals surface area contributed by atoms with Gasteiger partial charge in [-0.25, -0.2) is 0 Å². The third-order valence-electron chi connectivity index (χ3n) is 9.83. The van der Waals surface area contributed by atoms with E-state index >= 15 is 0 Å². The summed E-state index contributed by atoms with van der Waals surface area (Å²) in [4.78, 5) is 0. The van der Waals surface area contributed by atoms with E-state index in [1.807, 2.05) is 42.5 Å². The summed E-state index contributed by atoms with van der Waals surface area (Å²) in [6.07, 6.45) is 0. The fourth-order valence-corrected chi connectivity index (χ4v) is 7.85. The van der Waals surface area contributed by atoms with Crippen molar-refractivity contribution < 1.29 is 0 Å². The second-order valence-corrected chi connectivity index (χ2v) is 12.4. The molecule has 226 valence electrons. The molecule has 5 heteroatoms. The lowest BCUT2D eigenvalue weighted by Crippen LogP contribution is -2.01. The van der Waals surface area contributed by atoms with Gasteiger partial charge >= 0.3 is 0 Å². The van der Waals surface area contributed by atoms with Crippen LogP contribution in [0, 0.1) is 22.7 Å². The first-order chi connectivity index (χ1) is 24.2. The minimum atomic E-state index is 0.564. The van der Waals surface area contributed by atoms with Crippen molar-refractivity contribution in [3.05, 3.63) is 163 Å². The second kappa shape index (κ2) is 10.2. The summed E-state index contributed by atoms with van der Waals surface area (Å²) < 4.78 is 6.91. The van der Waals surface area contributed by atoms with Gasteiger partial charge in [0.2, 0.25) is 0 Å². The largest absolute Gasteiger partial charge is 0.309 e. The standard InChI is InChI=1S/C44H25N5/c45-26-28-18-21-42-38(24-28)35-14-6-7-15-39(35)47(42)31-22-29(27-46)23-32(25-31)49-41-17-9-5-13-34(41)37-20-19-36-33-12-4-8-16-40(33)48(43(36)44(37)49)30-10-2-1-3-11-30/h1-25H. The van der Waals surface area contributed by atoms with Gasteiger partial charge in [0.05, 0.1) is 56.4 Å². The number of rotatable bonds is 3. The van der Waals surface area contributed by atoms with Crippen molar-refractivity contribution in [2.24, 2.45) is 0 Å². The molecule has 49 heavy (non-hydrogen) atoms. The van der Waals surface area contributed by atoms with E-state index in [2.05, 4.69) is 135 Å². The molecule has 0 spiro atoms. The van der Waals surface area contributed by atoms with Crippen molar-refractivity contribution in [2.45, 2.75) is 0 Å². The maximum atomic E-state index is 10.5. The molecule has 3 aromatic heterocycles. The number of hydrogen-bond acceptors (Lipinski definition) is 2. The van der Waals surface area contributed by atoms with E-state index in [1.54, 1.807) is 0 Å². The molecule has 0 aliphatic heterocycles. The zero-order chi connectivity index (χ0) is 32.6. The molecule has 0 radical (unpaired) electrons. The molecule has 0 saturated heterocycles. The predicted molar refractivity (Wildman–Crippen MR) is 199 cm³/mol. The van der Waals surface area contributed by atoms with Gasteiger partial charge < -0.3 is 13.7 Å². The van der Waals surface area contributed by atoms with Crippen LogP contribution >= 0.6 is 0 Å². The van der Waals surface area contributed by atoms with Crippen LogP contribution in [0.4, 0.5) is 0 Å². The van der Waals surface area contributed by atoms with E-state index in [0.29, 0.717) is 11.1 Å². The van der Waals surface area contributed by atoms with Crippen LogP contribution in [0.2, 0.25) is 0 Å². The highest BCUT2D eigenvalue weighted by Crippen LogP contribution is 2.42. The van der Waals surface area contributed by atoms with Crippen LogP contribution in [0.15, 0.2) is 152 Å². The first kappa shape index (κ1) is 27.1. The van der Waals surface area contributed by atoms with E-state index in [4.69, 9.17) is 0 Å². The molecule has 0 unspecified atom stereocenters. The first-order valence-electron chi connectivity index (χ1n) is 16.2. The average Bonchev–Trinajstić information content (AvgIpc) is 3.80. The number of nitriles is 2. The van der Waals surface area contributed by atoms with Crippen molar-refractivity contribution in [3.63, 3.8) is 0 Å². The van der Waals surface area contributed by atoms with Gasteiger partial charge in [-0.2, -0.15) is 10.5 Å². The quantitative estimate of drug-likeness (QED) is 0.197. The Morgan fingerprint density at radius 2 is 0.796 bits per heavy atom. The third-order valence-corrected chi connectivity index (χ3v) is 9.83. The van der Waals surface area contributed by atoms with Gasteiger partial charge in [-0.1, -0.05) is 84.9 Å². The molecule has 0 N–H and O–H groups in total. The Labute approximate surface area is 280 Å². The van der Waals surface area contributed by atoms with Crippen molar-refractivity contribution in [1.29, 1.82) is 10.5 Å². The summed E-state index contributed by atoms with van der Waals surface area (Å²) in [5.74, 6) is 0. The summed E-state index contributed by atoms with van der Waals surface area (Å²) in [5, 5.41) is 26.9. The minimum absolute atomic E-state index is 0.564. The van der Waals surface area contributed by atoms with Crippen LogP contribution in [0.3, 0.4) is 0 Å². The van der Waals surface area contributed by atoms with Crippen molar-refractivity contribution in [3.8, 4) is 29.2 Å². The Bertz CT molecular complexity index is 3070. The predicted octanol–water partition coefficient (Wildman–Crippen LogP) is 10.7. The van der Waals surface area contributed by atoms with Crippen LogP contribution < -0.4 is 0 Å². The van der Waals surface area contributed by atoms with Crippen molar-refractivity contribution >= 4 is 65.4 Å². The molecule has 0 saturated carbocycles. The number of aromatic nitrogens is 3. The van der Waals surface area contributed by atoms with Gasteiger partial charge in [0, 0.05) is 49.4 Å². The Balaban J connectivity index is 1.37. The molecule has 0 fully saturated rings.